The van der Waals surface area contributed by atoms with Gasteiger partial charge in [0, 0.05) is 28.8 Å². The number of pyridine rings is 1. The van der Waals surface area contributed by atoms with E-state index in [9.17, 15) is 38.9 Å². The van der Waals surface area contributed by atoms with Gasteiger partial charge in [-0.05, 0) is 71.8 Å². The topological polar surface area (TPSA) is 274 Å². The molecule has 48 heavy (non-hydrogen) atoms. The van der Waals surface area contributed by atoms with Crippen LogP contribution < -0.4 is 9.30 Å². The van der Waals surface area contributed by atoms with Crippen LogP contribution >= 0.6 is 0 Å². The first-order valence-electron chi connectivity index (χ1n) is 13.1. The van der Waals surface area contributed by atoms with Gasteiger partial charge in [0.25, 0.3) is 20.2 Å². The summed E-state index contributed by atoms with van der Waals surface area (Å²) in [7, 11) is -12.6. The predicted molar refractivity (Wildman–Crippen MR) is 173 cm³/mol. The molecule has 1 aromatic heterocycles. The van der Waals surface area contributed by atoms with E-state index in [0.717, 1.165) is 5.56 Å². The van der Waals surface area contributed by atoms with E-state index in [0.29, 0.717) is 33.6 Å². The van der Waals surface area contributed by atoms with Gasteiger partial charge < -0.3 is 25.7 Å². The van der Waals surface area contributed by atoms with E-state index in [1.807, 2.05) is 34.9 Å². The van der Waals surface area contributed by atoms with E-state index < -0.39 is 35.2 Å². The van der Waals surface area contributed by atoms with Crippen LogP contribution in [0.1, 0.15) is 5.56 Å². The first-order chi connectivity index (χ1) is 21.1. The molecule has 4 aromatic carbocycles. The molecule has 0 radical (unpaired) electrons. The summed E-state index contributed by atoms with van der Waals surface area (Å²) in [6.07, 6.45) is 0. The van der Waals surface area contributed by atoms with Crippen molar-refractivity contribution in [3.8, 4) is 39.4 Å². The Bertz CT molecular complexity index is 2130. The van der Waals surface area contributed by atoms with Gasteiger partial charge in [-0.15, -0.1) is 0 Å². The second-order valence-electron chi connectivity index (χ2n) is 9.90. The molecule has 5 rings (SSSR count). The number of nitrogens with zero attached hydrogens (tertiary/aromatic N) is 1. The van der Waals surface area contributed by atoms with Crippen molar-refractivity contribution >= 4 is 30.4 Å². The summed E-state index contributed by atoms with van der Waals surface area (Å²) in [5.41, 5.74) is 3.75. The van der Waals surface area contributed by atoms with Gasteiger partial charge in [0.2, 0.25) is 11.4 Å². The summed E-state index contributed by atoms with van der Waals surface area (Å²) < 4.78 is 109. The van der Waals surface area contributed by atoms with Crippen molar-refractivity contribution in [3.63, 3.8) is 0 Å². The molecule has 0 unspecified atom stereocenters. The largest absolute Gasteiger partial charge is 0.744 e. The number of aromatic nitrogens is 1. The average molecular weight is 722 g/mol. The van der Waals surface area contributed by atoms with Crippen LogP contribution in [0.2, 0.25) is 0 Å². The van der Waals surface area contributed by atoms with Gasteiger partial charge in [-0.25, -0.2) is 8.42 Å². The molecule has 5 aromatic rings. The minimum atomic E-state index is -4.93. The van der Waals surface area contributed by atoms with Crippen LogP contribution in [0.25, 0.3) is 33.6 Å². The normalized spacial score (nSPS) is 11.4. The van der Waals surface area contributed by atoms with Gasteiger partial charge >= 0.3 is 0 Å². The van der Waals surface area contributed by atoms with Gasteiger partial charge in [0.05, 0.1) is 21.8 Å². The first kappa shape index (κ1) is 39.6. The molecular formula is C31H31NO13S3. The average Bonchev–Trinajstić information content (AvgIpc) is 3.00. The second kappa shape index (κ2) is 15.1. The van der Waals surface area contributed by atoms with Gasteiger partial charge in [0.1, 0.15) is 15.9 Å². The van der Waals surface area contributed by atoms with Crippen LogP contribution in [0.4, 0.5) is 0 Å². The molecule has 0 fully saturated rings. The van der Waals surface area contributed by atoms with Crippen LogP contribution in [0.15, 0.2) is 124 Å². The maximum atomic E-state index is 12.1. The lowest BCUT2D eigenvalue weighted by atomic mass is 9.98. The highest BCUT2D eigenvalue weighted by Gasteiger charge is 2.25. The Kier molecular flexibility index (Phi) is 12.5. The zero-order chi connectivity index (χ0) is 32.6. The zero-order valence-electron chi connectivity index (χ0n) is 24.9. The van der Waals surface area contributed by atoms with Gasteiger partial charge in [-0.3, -0.25) is 9.11 Å². The Labute approximate surface area is 276 Å². The number of benzene rings is 4. The molecule has 0 aliphatic carbocycles. The smallest absolute Gasteiger partial charge is 0.294 e. The zero-order valence-corrected chi connectivity index (χ0v) is 27.4. The van der Waals surface area contributed by atoms with Crippen molar-refractivity contribution in [2.45, 2.75) is 21.2 Å². The minimum absolute atomic E-state index is 0. The molecule has 8 N–H and O–H groups in total. The number of hydrogen-bond donors (Lipinski definition) is 2. The van der Waals surface area contributed by atoms with Crippen LogP contribution in [0.3, 0.4) is 0 Å². The summed E-state index contributed by atoms with van der Waals surface area (Å²) in [5.74, 6) is -0.133. The number of rotatable bonds is 9. The van der Waals surface area contributed by atoms with Gasteiger partial charge in [-0.2, -0.15) is 21.4 Å². The first-order valence-corrected chi connectivity index (χ1v) is 17.4. The Morgan fingerprint density at radius 3 is 1.44 bits per heavy atom. The van der Waals surface area contributed by atoms with E-state index in [4.69, 9.17) is 4.74 Å². The van der Waals surface area contributed by atoms with Crippen LogP contribution in [0, 0.1) is 0 Å². The summed E-state index contributed by atoms with van der Waals surface area (Å²) in [6, 6.07) is 27.9. The Balaban J connectivity index is 0.00000267. The molecule has 1 heterocycles. The molecule has 0 spiro atoms. The van der Waals surface area contributed by atoms with Crippen LogP contribution in [0.5, 0.6) is 5.75 Å². The van der Waals surface area contributed by atoms with E-state index in [-0.39, 0.29) is 38.5 Å². The lowest BCUT2D eigenvalue weighted by Gasteiger charge is -2.16. The molecule has 0 saturated heterocycles. The molecule has 0 aliphatic heterocycles. The third-order valence-corrected chi connectivity index (χ3v) is 9.61. The molecule has 0 atom stereocenters. The Morgan fingerprint density at radius 1 is 0.604 bits per heavy atom. The van der Waals surface area contributed by atoms with Crippen molar-refractivity contribution in [1.29, 1.82) is 0 Å². The Hall–Kier alpha value is -4.56. The highest BCUT2D eigenvalue weighted by atomic mass is 32.2. The van der Waals surface area contributed by atoms with Crippen LogP contribution in [-0.2, 0) is 36.9 Å². The fourth-order valence-corrected chi connectivity index (χ4v) is 6.48. The number of ether oxygens (including phenoxy) is 1. The fraction of sp³-hybridized carbons (Fsp3) is 0.0645. The third kappa shape index (κ3) is 8.66. The fourth-order valence-electron chi connectivity index (χ4n) is 4.85. The van der Waals surface area contributed by atoms with E-state index in [1.165, 1.54) is 67.8 Å². The predicted octanol–water partition coefficient (Wildman–Crippen LogP) is 1.96. The standard InChI is InChI=1S/C31H25NO10S3.3H2O/c1-42-30-16-11-24(19-31(30)45(39,40)41)25-17-28(22-7-12-26(13-8-22)43(33,34)35)32(20-21-5-3-2-4-6-21)29(18-25)23-9-14-27(15-10-23)44(36,37)38;;;/h2-19H,20H2,1H3,(H2-,33,34,35,36,37,38,39,40,41);3*1H2. The van der Waals surface area contributed by atoms with Gasteiger partial charge in [-0.1, -0.05) is 36.4 Å². The molecule has 0 amide bonds. The lowest BCUT2D eigenvalue weighted by molar-refractivity contribution is -0.666. The van der Waals surface area contributed by atoms with Crippen molar-refractivity contribution in [1.82, 2.24) is 0 Å². The van der Waals surface area contributed by atoms with Gasteiger partial charge in [0.15, 0.2) is 6.54 Å². The van der Waals surface area contributed by atoms with E-state index in [1.54, 1.807) is 18.2 Å². The second-order valence-corrected chi connectivity index (χ2v) is 14.1. The van der Waals surface area contributed by atoms with E-state index >= 15 is 0 Å². The molecule has 256 valence electrons. The monoisotopic (exact) mass is 721 g/mol. The van der Waals surface area contributed by atoms with Crippen molar-refractivity contribution in [3.05, 3.63) is 115 Å². The maximum Gasteiger partial charge on any atom is 0.294 e. The minimum Gasteiger partial charge on any atom is -0.744 e. The molecule has 0 aliphatic rings. The van der Waals surface area contributed by atoms with Crippen molar-refractivity contribution in [2.24, 2.45) is 0 Å². The summed E-state index contributed by atoms with van der Waals surface area (Å²) in [4.78, 5) is -1.21. The highest BCUT2D eigenvalue weighted by molar-refractivity contribution is 7.86. The highest BCUT2D eigenvalue weighted by Crippen LogP contribution is 2.34. The SMILES string of the molecule is COc1ccc(-c2cc(-c3ccc(S(=O)(=O)O)cc3)[n+](Cc3ccccc3)c(-c3ccc(S(=O)(=O)O)cc3)c2)cc1S(=O)(=O)[O-].O.O.O. The summed E-state index contributed by atoms with van der Waals surface area (Å²) in [6.45, 7) is 0.286. The molecular weight excluding hydrogens is 691 g/mol. The van der Waals surface area contributed by atoms with Crippen molar-refractivity contribution in [2.75, 3.05) is 7.11 Å². The number of hydrogen-bond acceptors (Lipinski definition) is 8. The maximum absolute atomic E-state index is 12.1. The van der Waals surface area contributed by atoms with Crippen LogP contribution in [-0.4, -0.2) is 62.5 Å². The Morgan fingerprint density at radius 2 is 1.04 bits per heavy atom. The quantitative estimate of drug-likeness (QED) is 0.165. The summed E-state index contributed by atoms with van der Waals surface area (Å²) >= 11 is 0. The molecule has 14 nitrogen and oxygen atoms in total. The molecule has 0 bridgehead atoms. The number of methoxy groups -OCH3 is 1. The lowest BCUT2D eigenvalue weighted by Crippen LogP contribution is -2.39. The molecule has 17 heteroatoms. The molecule has 0 saturated carbocycles. The van der Waals surface area contributed by atoms with E-state index in [2.05, 4.69) is 0 Å². The third-order valence-electron chi connectivity index (χ3n) is 7.01. The van der Waals surface area contributed by atoms with Crippen molar-refractivity contribution < 1.29 is 64.6 Å². The summed E-state index contributed by atoms with van der Waals surface area (Å²) in [5, 5.41) is 0.